The molecule has 0 saturated carbocycles. The summed E-state index contributed by atoms with van der Waals surface area (Å²) in [5.41, 5.74) is 1.04. The number of hydrogen-bond acceptors (Lipinski definition) is 3. The molecule has 0 saturated heterocycles. The van der Waals surface area contributed by atoms with E-state index in [-0.39, 0.29) is 17.7 Å². The smallest absolute Gasteiger partial charge is 0.407 e. The second-order valence-electron chi connectivity index (χ2n) is 9.08. The quantitative estimate of drug-likeness (QED) is 0.492. The van der Waals surface area contributed by atoms with Gasteiger partial charge in [-0.05, 0) is 51.0 Å². The Morgan fingerprint density at radius 1 is 1.21 bits per heavy atom. The van der Waals surface area contributed by atoms with E-state index in [1.165, 1.54) is 27.9 Å². The Bertz CT molecular complexity index is 1160. The normalized spacial score (nSPS) is 12.3. The average molecular weight is 487 g/mol. The first-order chi connectivity index (χ1) is 16.0. The number of hydrogen-bond donors (Lipinski definition) is 2. The highest BCUT2D eigenvalue weighted by atomic mass is 35.5. The summed E-state index contributed by atoms with van der Waals surface area (Å²) in [4.78, 5) is 26.2. The molecule has 3 aromatic rings. The summed E-state index contributed by atoms with van der Waals surface area (Å²) < 4.78 is 16.4. The van der Waals surface area contributed by atoms with Gasteiger partial charge >= 0.3 is 6.09 Å². The molecule has 0 bridgehead atoms. The number of nitrogens with zero attached hydrogens (tertiary/aromatic N) is 3. The second kappa shape index (κ2) is 10.3. The fraction of sp³-hybridized carbons (Fsp3) is 0.320. The maximum atomic E-state index is 14.9. The molecule has 0 aliphatic rings. The van der Waals surface area contributed by atoms with Gasteiger partial charge in [-0.25, -0.2) is 9.18 Å². The van der Waals surface area contributed by atoms with Crippen LogP contribution < -0.4 is 5.32 Å². The summed E-state index contributed by atoms with van der Waals surface area (Å²) in [5, 5.41) is 16.9. The summed E-state index contributed by atoms with van der Waals surface area (Å²) in [6.07, 6.45) is 0.759. The molecular formula is C25H28ClFN4O3. The third-order valence-corrected chi connectivity index (χ3v) is 5.76. The zero-order valence-corrected chi connectivity index (χ0v) is 20.3. The molecule has 0 radical (unpaired) electrons. The van der Waals surface area contributed by atoms with Gasteiger partial charge in [0, 0.05) is 30.3 Å². The van der Waals surface area contributed by atoms with Crippen molar-refractivity contribution in [2.75, 3.05) is 6.54 Å². The van der Waals surface area contributed by atoms with Crippen molar-refractivity contribution >= 4 is 23.6 Å². The van der Waals surface area contributed by atoms with Gasteiger partial charge < -0.3 is 15.3 Å². The third-order valence-electron chi connectivity index (χ3n) is 5.48. The molecule has 34 heavy (non-hydrogen) atoms. The third kappa shape index (κ3) is 5.94. The largest absolute Gasteiger partial charge is 0.465 e. The number of halogens is 2. The van der Waals surface area contributed by atoms with Gasteiger partial charge in [0.15, 0.2) is 0 Å². The van der Waals surface area contributed by atoms with Crippen LogP contribution in [0.4, 0.5) is 9.18 Å². The Morgan fingerprint density at radius 2 is 1.88 bits per heavy atom. The van der Waals surface area contributed by atoms with Crippen molar-refractivity contribution in [3.63, 3.8) is 0 Å². The summed E-state index contributed by atoms with van der Waals surface area (Å²) in [6.45, 7) is 5.45. The molecular weight excluding hydrogens is 459 g/mol. The van der Waals surface area contributed by atoms with E-state index < -0.39 is 29.4 Å². The van der Waals surface area contributed by atoms with Crippen LogP contribution in [-0.4, -0.2) is 49.9 Å². The van der Waals surface area contributed by atoms with E-state index in [0.29, 0.717) is 17.1 Å². The minimum atomic E-state index is -1.08. The van der Waals surface area contributed by atoms with Gasteiger partial charge in [-0.1, -0.05) is 41.9 Å². The first-order valence-corrected chi connectivity index (χ1v) is 11.2. The van der Waals surface area contributed by atoms with Crippen LogP contribution in [-0.2, 0) is 13.5 Å². The molecule has 2 N–H and O–H groups in total. The van der Waals surface area contributed by atoms with Crippen LogP contribution in [0, 0.1) is 5.82 Å². The molecule has 2 aromatic carbocycles. The minimum Gasteiger partial charge on any atom is -0.465 e. The fourth-order valence-corrected chi connectivity index (χ4v) is 4.02. The molecule has 0 spiro atoms. The van der Waals surface area contributed by atoms with Crippen molar-refractivity contribution in [1.29, 1.82) is 0 Å². The molecule has 1 heterocycles. The van der Waals surface area contributed by atoms with Gasteiger partial charge in [-0.2, -0.15) is 5.10 Å². The van der Waals surface area contributed by atoms with E-state index in [1.54, 1.807) is 27.8 Å². The molecule has 0 aliphatic heterocycles. The van der Waals surface area contributed by atoms with Gasteiger partial charge in [0.25, 0.3) is 5.91 Å². The van der Waals surface area contributed by atoms with Crippen molar-refractivity contribution < 1.29 is 19.1 Å². The Hall–Kier alpha value is -3.39. The van der Waals surface area contributed by atoms with Gasteiger partial charge in [-0.3, -0.25) is 9.48 Å². The number of rotatable bonds is 7. The van der Waals surface area contributed by atoms with Crippen LogP contribution in [0.15, 0.2) is 54.7 Å². The van der Waals surface area contributed by atoms with Gasteiger partial charge in [-0.15, -0.1) is 0 Å². The van der Waals surface area contributed by atoms with Crippen LogP contribution in [0.1, 0.15) is 36.7 Å². The predicted molar refractivity (Wildman–Crippen MR) is 129 cm³/mol. The van der Waals surface area contributed by atoms with Crippen molar-refractivity contribution in [3.05, 3.63) is 76.7 Å². The number of benzene rings is 2. The Morgan fingerprint density at radius 3 is 2.41 bits per heavy atom. The minimum absolute atomic E-state index is 0.0741. The van der Waals surface area contributed by atoms with E-state index in [9.17, 15) is 19.1 Å². The van der Waals surface area contributed by atoms with Crippen molar-refractivity contribution in [3.8, 4) is 11.3 Å². The number of carbonyl (C=O) groups is 2. The van der Waals surface area contributed by atoms with Gasteiger partial charge in [0.1, 0.15) is 5.82 Å². The predicted octanol–water partition coefficient (Wildman–Crippen LogP) is 5.00. The number of carboxylic acid groups (broad SMARTS) is 1. The number of aromatic nitrogens is 2. The lowest BCUT2D eigenvalue weighted by Gasteiger charge is -2.36. The molecule has 2 amide bonds. The van der Waals surface area contributed by atoms with Crippen molar-refractivity contribution in [2.45, 2.75) is 38.8 Å². The molecule has 0 aliphatic carbocycles. The monoisotopic (exact) mass is 486 g/mol. The summed E-state index contributed by atoms with van der Waals surface area (Å²) in [6, 6.07) is 13.1. The number of aryl methyl sites for hydroxylation is 1. The van der Waals surface area contributed by atoms with Crippen molar-refractivity contribution in [1.82, 2.24) is 20.0 Å². The molecule has 0 fully saturated rings. The standard InChI is InChI=1S/C25H28ClFN4O3/c1-25(2,3)31(24(33)34)15-18(12-16-8-6-5-7-9-16)29-23(32)17-10-11-19(21(27)13-17)22-20(26)14-28-30(22)4/h5-11,13-14,18H,12,15H2,1-4H3,(H,29,32)(H,33,34). The lowest BCUT2D eigenvalue weighted by molar-refractivity contribution is 0.0822. The Kier molecular flexibility index (Phi) is 7.61. The highest BCUT2D eigenvalue weighted by Crippen LogP contribution is 2.29. The summed E-state index contributed by atoms with van der Waals surface area (Å²) in [7, 11) is 1.65. The zero-order valence-electron chi connectivity index (χ0n) is 19.5. The number of carbonyl (C=O) groups excluding carboxylic acids is 1. The molecule has 1 unspecified atom stereocenters. The van der Waals surface area contributed by atoms with Gasteiger partial charge in [0.2, 0.25) is 0 Å². The van der Waals surface area contributed by atoms with E-state index in [2.05, 4.69) is 10.4 Å². The van der Waals surface area contributed by atoms with Crippen LogP contribution in [0.25, 0.3) is 11.3 Å². The number of nitrogens with one attached hydrogen (secondary N) is 1. The van der Waals surface area contributed by atoms with E-state index in [1.807, 2.05) is 30.3 Å². The van der Waals surface area contributed by atoms with E-state index in [0.717, 1.165) is 11.6 Å². The average Bonchev–Trinajstić information content (AvgIpc) is 3.09. The maximum absolute atomic E-state index is 14.9. The number of amides is 2. The zero-order chi connectivity index (χ0) is 25.0. The van der Waals surface area contributed by atoms with Crippen LogP contribution in [0.3, 0.4) is 0 Å². The Labute approximate surface area is 203 Å². The topological polar surface area (TPSA) is 87.5 Å². The summed E-state index contributed by atoms with van der Waals surface area (Å²) in [5.74, 6) is -1.11. The molecule has 3 rings (SSSR count). The van der Waals surface area contributed by atoms with Gasteiger partial charge in [0.05, 0.1) is 23.0 Å². The molecule has 1 aromatic heterocycles. The van der Waals surface area contributed by atoms with Crippen LogP contribution in [0.2, 0.25) is 5.02 Å². The first kappa shape index (κ1) is 25.2. The lowest BCUT2D eigenvalue weighted by atomic mass is 10.0. The first-order valence-electron chi connectivity index (χ1n) is 10.8. The van der Waals surface area contributed by atoms with Crippen molar-refractivity contribution in [2.24, 2.45) is 7.05 Å². The van der Waals surface area contributed by atoms with Crippen LogP contribution >= 0.6 is 11.6 Å². The van der Waals surface area contributed by atoms with E-state index >= 15 is 0 Å². The Balaban J connectivity index is 1.86. The van der Waals surface area contributed by atoms with E-state index in [4.69, 9.17) is 11.6 Å². The fourth-order valence-electron chi connectivity index (χ4n) is 3.75. The summed E-state index contributed by atoms with van der Waals surface area (Å²) >= 11 is 6.13. The highest BCUT2D eigenvalue weighted by Gasteiger charge is 2.30. The second-order valence-corrected chi connectivity index (χ2v) is 9.49. The molecule has 7 nitrogen and oxygen atoms in total. The maximum Gasteiger partial charge on any atom is 0.407 e. The lowest BCUT2D eigenvalue weighted by Crippen LogP contribution is -2.53. The highest BCUT2D eigenvalue weighted by molar-refractivity contribution is 6.33. The SMILES string of the molecule is Cn1ncc(Cl)c1-c1ccc(C(=O)NC(Cc2ccccc2)CN(C(=O)O)C(C)(C)C)cc1F. The molecule has 1 atom stereocenters. The molecule has 9 heteroatoms. The molecule has 180 valence electrons. The van der Waals surface area contributed by atoms with Crippen LogP contribution in [0.5, 0.6) is 0 Å².